The Kier molecular flexibility index (Phi) is 3.98. The minimum absolute atomic E-state index is 0.242. The van der Waals surface area contributed by atoms with E-state index < -0.39 is 0 Å². The lowest BCUT2D eigenvalue weighted by Gasteiger charge is -2.12. The molecule has 1 aliphatic heterocycles. The number of hydrogen-bond donors (Lipinski definition) is 3. The summed E-state index contributed by atoms with van der Waals surface area (Å²) in [6.45, 7) is 1.89. The Morgan fingerprint density at radius 1 is 1.65 bits per heavy atom. The maximum atomic E-state index is 11.4. The summed E-state index contributed by atoms with van der Waals surface area (Å²) >= 11 is 0. The van der Waals surface area contributed by atoms with Gasteiger partial charge >= 0.3 is 0 Å². The Balaban J connectivity index is 1.89. The maximum absolute atomic E-state index is 11.4. The highest BCUT2D eigenvalue weighted by molar-refractivity contribution is 5.47. The topological polar surface area (TPSA) is 79.0 Å². The summed E-state index contributed by atoms with van der Waals surface area (Å²) in [5.74, 6) is 0.751. The number of hydrogen-bond acceptors (Lipinski definition) is 5. The Morgan fingerprint density at radius 2 is 2.53 bits per heavy atom. The van der Waals surface area contributed by atoms with Crippen LogP contribution in [0, 0.1) is 0 Å². The predicted octanol–water partition coefficient (Wildman–Crippen LogP) is 0.332. The largest absolute Gasteiger partial charge is 0.489 e. The Bertz CT molecular complexity index is 412. The first-order valence-electron chi connectivity index (χ1n) is 5.90. The fourth-order valence-electron chi connectivity index (χ4n) is 2.07. The van der Waals surface area contributed by atoms with Crippen LogP contribution in [0.1, 0.15) is 19.3 Å². The second-order valence-electron chi connectivity index (χ2n) is 4.12. The second-order valence-corrected chi connectivity index (χ2v) is 4.12. The van der Waals surface area contributed by atoms with Crippen LogP contribution in [0.15, 0.2) is 11.1 Å². The third-order valence-corrected chi connectivity index (χ3v) is 2.96. The van der Waals surface area contributed by atoms with Crippen LogP contribution < -0.4 is 20.9 Å². The molecule has 1 fully saturated rings. The van der Waals surface area contributed by atoms with Crippen LogP contribution >= 0.6 is 0 Å². The molecule has 6 nitrogen and oxygen atoms in total. The third kappa shape index (κ3) is 2.97. The first-order valence-corrected chi connectivity index (χ1v) is 5.90. The molecule has 6 heteroatoms. The van der Waals surface area contributed by atoms with E-state index in [1.54, 1.807) is 0 Å². The summed E-state index contributed by atoms with van der Waals surface area (Å²) in [5, 5.41) is 6.56. The molecule has 0 radical (unpaired) electrons. The van der Waals surface area contributed by atoms with Gasteiger partial charge < -0.3 is 20.4 Å². The van der Waals surface area contributed by atoms with Crippen molar-refractivity contribution in [2.45, 2.75) is 25.3 Å². The number of ether oxygens (including phenoxy) is 1. The molecular formula is C11H18N4O2. The lowest BCUT2D eigenvalue weighted by atomic mass is 10.1. The van der Waals surface area contributed by atoms with Crippen molar-refractivity contribution in [3.8, 4) is 5.75 Å². The Morgan fingerprint density at radius 3 is 3.24 bits per heavy atom. The van der Waals surface area contributed by atoms with E-state index in [9.17, 15) is 4.79 Å². The van der Waals surface area contributed by atoms with Crippen LogP contribution in [-0.2, 0) is 0 Å². The molecule has 2 rings (SSSR count). The predicted molar refractivity (Wildman–Crippen MR) is 65.5 cm³/mol. The van der Waals surface area contributed by atoms with Crippen molar-refractivity contribution >= 4 is 5.82 Å². The van der Waals surface area contributed by atoms with Gasteiger partial charge in [0.15, 0.2) is 5.82 Å². The zero-order chi connectivity index (χ0) is 12.1. The average molecular weight is 238 g/mol. The first kappa shape index (κ1) is 11.9. The van der Waals surface area contributed by atoms with E-state index in [2.05, 4.69) is 20.6 Å². The van der Waals surface area contributed by atoms with E-state index >= 15 is 0 Å². The SMILES string of the molecule is COc1c(NCC[C@@H]2CCCN2)nc[nH]c1=O. The Labute approximate surface area is 99.8 Å². The van der Waals surface area contributed by atoms with E-state index in [0.29, 0.717) is 11.9 Å². The number of nitrogens with one attached hydrogen (secondary N) is 3. The number of methoxy groups -OCH3 is 1. The number of H-pyrrole nitrogens is 1. The molecule has 94 valence electrons. The molecule has 1 aromatic rings. The summed E-state index contributed by atoms with van der Waals surface area (Å²) < 4.78 is 5.01. The molecule has 0 spiro atoms. The normalized spacial score (nSPS) is 19.2. The van der Waals surface area contributed by atoms with Crippen molar-refractivity contribution in [2.24, 2.45) is 0 Å². The molecule has 0 aromatic carbocycles. The van der Waals surface area contributed by atoms with Gasteiger partial charge in [-0.05, 0) is 25.8 Å². The first-order chi connectivity index (χ1) is 8.31. The molecule has 0 saturated carbocycles. The van der Waals surface area contributed by atoms with Crippen LogP contribution in [0.2, 0.25) is 0 Å². The van der Waals surface area contributed by atoms with Gasteiger partial charge in [-0.1, -0.05) is 0 Å². The molecule has 1 saturated heterocycles. The van der Waals surface area contributed by atoms with Gasteiger partial charge in [-0.25, -0.2) is 4.98 Å². The standard InChI is InChI=1S/C11H18N4O2/c1-17-9-10(14-7-15-11(9)16)13-6-4-8-3-2-5-12-8/h7-8,12H,2-6H2,1H3,(H2,13,14,15,16)/t8-/m0/s1. The molecule has 2 heterocycles. The van der Waals surface area contributed by atoms with Crippen LogP contribution in [0.4, 0.5) is 5.82 Å². The molecule has 0 amide bonds. The number of aromatic nitrogens is 2. The van der Waals surface area contributed by atoms with E-state index in [4.69, 9.17) is 4.74 Å². The maximum Gasteiger partial charge on any atom is 0.295 e. The summed E-state index contributed by atoms with van der Waals surface area (Å²) in [4.78, 5) is 18.0. The molecule has 0 bridgehead atoms. The summed E-state index contributed by atoms with van der Waals surface area (Å²) in [6, 6.07) is 0.579. The van der Waals surface area contributed by atoms with Gasteiger partial charge in [-0.2, -0.15) is 0 Å². The van der Waals surface area contributed by atoms with Crippen LogP contribution in [0.5, 0.6) is 5.75 Å². The molecular weight excluding hydrogens is 220 g/mol. The fraction of sp³-hybridized carbons (Fsp3) is 0.636. The van der Waals surface area contributed by atoms with E-state index in [-0.39, 0.29) is 11.3 Å². The number of rotatable bonds is 5. The van der Waals surface area contributed by atoms with E-state index in [1.807, 2.05) is 0 Å². The van der Waals surface area contributed by atoms with Crippen molar-refractivity contribution in [3.63, 3.8) is 0 Å². The quantitative estimate of drug-likeness (QED) is 0.689. The number of nitrogens with zero attached hydrogens (tertiary/aromatic N) is 1. The lowest BCUT2D eigenvalue weighted by molar-refractivity contribution is 0.408. The smallest absolute Gasteiger partial charge is 0.295 e. The van der Waals surface area contributed by atoms with Gasteiger partial charge in [-0.3, -0.25) is 4.79 Å². The summed E-state index contributed by atoms with van der Waals surface area (Å²) in [5.41, 5.74) is -0.260. The number of aromatic amines is 1. The van der Waals surface area contributed by atoms with Crippen LogP contribution in [0.3, 0.4) is 0 Å². The van der Waals surface area contributed by atoms with Crippen LogP contribution in [0.25, 0.3) is 0 Å². The minimum atomic E-state index is -0.260. The minimum Gasteiger partial charge on any atom is -0.489 e. The fourth-order valence-corrected chi connectivity index (χ4v) is 2.07. The summed E-state index contributed by atoms with van der Waals surface area (Å²) in [6.07, 6.45) is 4.87. The molecule has 1 aromatic heterocycles. The highest BCUT2D eigenvalue weighted by atomic mass is 16.5. The molecule has 1 aliphatic rings. The summed E-state index contributed by atoms with van der Waals surface area (Å²) in [7, 11) is 1.47. The van der Waals surface area contributed by atoms with Gasteiger partial charge in [0, 0.05) is 12.6 Å². The van der Waals surface area contributed by atoms with Crippen molar-refractivity contribution in [1.29, 1.82) is 0 Å². The molecule has 1 atom stereocenters. The van der Waals surface area contributed by atoms with Crippen molar-refractivity contribution in [2.75, 3.05) is 25.5 Å². The van der Waals surface area contributed by atoms with Gasteiger partial charge in [-0.15, -0.1) is 0 Å². The third-order valence-electron chi connectivity index (χ3n) is 2.96. The molecule has 17 heavy (non-hydrogen) atoms. The van der Waals surface area contributed by atoms with Gasteiger partial charge in [0.2, 0.25) is 5.75 Å². The van der Waals surface area contributed by atoms with Crippen LogP contribution in [-0.4, -0.2) is 36.2 Å². The highest BCUT2D eigenvalue weighted by Gasteiger charge is 2.14. The Hall–Kier alpha value is -1.56. The van der Waals surface area contributed by atoms with Gasteiger partial charge in [0.1, 0.15) is 0 Å². The molecule has 3 N–H and O–H groups in total. The van der Waals surface area contributed by atoms with Crippen molar-refractivity contribution in [3.05, 3.63) is 16.7 Å². The number of anilines is 1. The second kappa shape index (κ2) is 5.67. The highest BCUT2D eigenvalue weighted by Crippen LogP contribution is 2.15. The molecule has 0 aliphatic carbocycles. The average Bonchev–Trinajstić information content (AvgIpc) is 2.82. The van der Waals surface area contributed by atoms with Gasteiger partial charge in [0.25, 0.3) is 5.56 Å². The zero-order valence-corrected chi connectivity index (χ0v) is 9.95. The lowest BCUT2D eigenvalue weighted by Crippen LogP contribution is -2.24. The van der Waals surface area contributed by atoms with E-state index in [0.717, 1.165) is 19.5 Å². The van der Waals surface area contributed by atoms with Crippen molar-refractivity contribution in [1.82, 2.24) is 15.3 Å². The van der Waals surface area contributed by atoms with Gasteiger partial charge in [0.05, 0.1) is 13.4 Å². The zero-order valence-electron chi connectivity index (χ0n) is 9.95. The molecule has 0 unspecified atom stereocenters. The monoisotopic (exact) mass is 238 g/mol. The van der Waals surface area contributed by atoms with E-state index in [1.165, 1.54) is 26.3 Å². The van der Waals surface area contributed by atoms with Crippen molar-refractivity contribution < 1.29 is 4.74 Å².